The van der Waals surface area contributed by atoms with Crippen molar-refractivity contribution >= 4 is 45.3 Å². The highest BCUT2D eigenvalue weighted by Crippen LogP contribution is 2.60. The van der Waals surface area contributed by atoms with Crippen molar-refractivity contribution in [3.05, 3.63) is 98.5 Å². The number of aryl methyl sites for hydroxylation is 2. The van der Waals surface area contributed by atoms with Crippen LogP contribution in [0, 0.1) is 25.7 Å². The maximum absolute atomic E-state index is 13.7. The fourth-order valence-corrected chi connectivity index (χ4v) is 7.34. The van der Waals surface area contributed by atoms with E-state index in [1.165, 1.54) is 27.2 Å². The van der Waals surface area contributed by atoms with Crippen LogP contribution in [0.1, 0.15) is 70.9 Å². The van der Waals surface area contributed by atoms with E-state index in [1.807, 2.05) is 50.2 Å². The van der Waals surface area contributed by atoms with E-state index in [0.29, 0.717) is 31.5 Å². The number of anilines is 1. The number of nitrogens with zero attached hydrogens (tertiary/aromatic N) is 1. The minimum Gasteiger partial charge on any atom is -0.456 e. The highest BCUT2D eigenvalue weighted by molar-refractivity contribution is 9.10. The lowest BCUT2D eigenvalue weighted by molar-refractivity contribution is -0.147. The maximum Gasteiger partial charge on any atom is 0.306 e. The van der Waals surface area contributed by atoms with Crippen LogP contribution in [0.2, 0.25) is 0 Å². The molecule has 42 heavy (non-hydrogen) atoms. The van der Waals surface area contributed by atoms with Gasteiger partial charge in [-0.25, -0.2) is 0 Å². The Labute approximate surface area is 253 Å². The molecule has 3 amide bonds. The number of carbonyl (C=O) groups is 4. The van der Waals surface area contributed by atoms with E-state index in [2.05, 4.69) is 45.5 Å². The number of amides is 3. The van der Waals surface area contributed by atoms with Crippen molar-refractivity contribution < 1.29 is 23.9 Å². The normalized spacial score (nSPS) is 21.5. The first-order valence-corrected chi connectivity index (χ1v) is 15.3. The van der Waals surface area contributed by atoms with E-state index in [-0.39, 0.29) is 48.5 Å². The summed E-state index contributed by atoms with van der Waals surface area (Å²) in [5.41, 5.74) is 7.32. The predicted molar refractivity (Wildman–Crippen MR) is 162 cm³/mol. The Bertz CT molecular complexity index is 1460. The van der Waals surface area contributed by atoms with Crippen LogP contribution in [0.15, 0.2) is 65.1 Å². The number of rotatable bonds is 9. The molecular weight excluding hydrogens is 596 g/mol. The van der Waals surface area contributed by atoms with Crippen LogP contribution in [0.4, 0.5) is 5.69 Å². The molecule has 3 aliphatic carbocycles. The number of likely N-dealkylation sites (tertiary alicyclic amines) is 1. The molecule has 1 saturated heterocycles. The third-order valence-corrected chi connectivity index (χ3v) is 10.1. The number of hydrogen-bond donors (Lipinski definition) is 1. The predicted octanol–water partition coefficient (Wildman–Crippen LogP) is 6.00. The number of carbonyl (C=O) groups excluding carboxylic acids is 4. The number of esters is 1. The molecule has 3 aromatic rings. The van der Waals surface area contributed by atoms with E-state index in [0.717, 1.165) is 15.6 Å². The van der Waals surface area contributed by atoms with Gasteiger partial charge in [-0.1, -0.05) is 70.9 Å². The molecule has 0 unspecified atom stereocenters. The molecule has 7 rings (SSSR count). The lowest BCUT2D eigenvalue weighted by Crippen LogP contribution is -2.41. The number of imide groups is 1. The van der Waals surface area contributed by atoms with Gasteiger partial charge in [0.25, 0.3) is 5.91 Å². The van der Waals surface area contributed by atoms with Crippen LogP contribution in [-0.4, -0.2) is 41.7 Å². The molecule has 0 spiro atoms. The molecule has 1 heterocycles. The van der Waals surface area contributed by atoms with Crippen molar-refractivity contribution in [3.8, 4) is 0 Å². The second-order valence-corrected chi connectivity index (χ2v) is 12.3. The summed E-state index contributed by atoms with van der Waals surface area (Å²) in [6.07, 6.45) is 2.00. The van der Waals surface area contributed by atoms with E-state index in [4.69, 9.17) is 4.74 Å². The SMILES string of the molecule is Cc1cc(NC(=O)COC(=O)CCCCCN2C(=O)[C@@H]3C4c5ccccc5C(c5ccccc54)[C@H]3C2=O)cc(C)c1Br. The van der Waals surface area contributed by atoms with Crippen molar-refractivity contribution in [2.75, 3.05) is 18.5 Å². The summed E-state index contributed by atoms with van der Waals surface area (Å²) in [6, 6.07) is 20.2. The quantitative estimate of drug-likeness (QED) is 0.178. The number of benzene rings is 3. The Morgan fingerprint density at radius 3 is 1.81 bits per heavy atom. The lowest BCUT2D eigenvalue weighted by Gasteiger charge is -2.45. The molecular formula is C34H33BrN2O5. The smallest absolute Gasteiger partial charge is 0.306 e. The Morgan fingerprint density at radius 2 is 1.31 bits per heavy atom. The van der Waals surface area contributed by atoms with Gasteiger partial charge in [0.05, 0.1) is 11.8 Å². The number of hydrogen-bond acceptors (Lipinski definition) is 5. The van der Waals surface area contributed by atoms with Gasteiger partial charge in [0.15, 0.2) is 6.61 Å². The Kier molecular flexibility index (Phi) is 7.75. The molecule has 2 bridgehead atoms. The second-order valence-electron chi connectivity index (χ2n) is 11.5. The minimum atomic E-state index is -0.445. The molecule has 7 nitrogen and oxygen atoms in total. The first kappa shape index (κ1) is 28.3. The van der Waals surface area contributed by atoms with Gasteiger partial charge in [-0.2, -0.15) is 0 Å². The standard InChI is InChI=1S/C34H33BrN2O5/c1-19-16-21(17-20(2)32(19)35)36-26(38)18-42-27(39)14-4-3-9-15-37-33(40)30-28-22-10-5-6-11-23(22)29(31(30)34(37)41)25-13-8-7-12-24(25)28/h5-8,10-13,16-17,28-31H,3-4,9,14-15,18H2,1-2H3,(H,36,38)/t28?,29?,30-,31-/m1/s1. The van der Waals surface area contributed by atoms with Gasteiger partial charge >= 0.3 is 5.97 Å². The fraction of sp³-hybridized carbons (Fsp3) is 0.353. The first-order chi connectivity index (χ1) is 20.3. The Morgan fingerprint density at radius 1 is 0.810 bits per heavy atom. The Balaban J connectivity index is 0.989. The second kappa shape index (κ2) is 11.5. The average Bonchev–Trinajstić information content (AvgIpc) is 3.24. The van der Waals surface area contributed by atoms with E-state index < -0.39 is 11.9 Å². The van der Waals surface area contributed by atoms with Gasteiger partial charge < -0.3 is 10.1 Å². The third kappa shape index (κ3) is 4.96. The zero-order valence-corrected chi connectivity index (χ0v) is 25.3. The summed E-state index contributed by atoms with van der Waals surface area (Å²) in [7, 11) is 0. The number of ether oxygens (including phenoxy) is 1. The average molecular weight is 630 g/mol. The van der Waals surface area contributed by atoms with Gasteiger partial charge in [0.2, 0.25) is 11.8 Å². The highest BCUT2D eigenvalue weighted by Gasteiger charge is 2.61. The molecule has 1 N–H and O–H groups in total. The number of nitrogens with one attached hydrogen (secondary N) is 1. The summed E-state index contributed by atoms with van der Waals surface area (Å²) in [5, 5.41) is 2.76. The summed E-state index contributed by atoms with van der Waals surface area (Å²) >= 11 is 3.50. The lowest BCUT2D eigenvalue weighted by atomic mass is 9.55. The van der Waals surface area contributed by atoms with Gasteiger partial charge in [0, 0.05) is 35.0 Å². The summed E-state index contributed by atoms with van der Waals surface area (Å²) < 4.78 is 6.14. The fourth-order valence-electron chi connectivity index (χ4n) is 7.11. The van der Waals surface area contributed by atoms with Crippen molar-refractivity contribution in [3.63, 3.8) is 0 Å². The van der Waals surface area contributed by atoms with Crippen LogP contribution < -0.4 is 5.32 Å². The van der Waals surface area contributed by atoms with E-state index in [1.54, 1.807) is 0 Å². The van der Waals surface area contributed by atoms with Gasteiger partial charge in [0.1, 0.15) is 0 Å². The topological polar surface area (TPSA) is 92.8 Å². The highest BCUT2D eigenvalue weighted by atomic mass is 79.9. The molecule has 0 radical (unpaired) electrons. The summed E-state index contributed by atoms with van der Waals surface area (Å²) in [4.78, 5) is 53.2. The number of halogens is 1. The van der Waals surface area contributed by atoms with Gasteiger partial charge in [-0.05, 0) is 72.2 Å². The van der Waals surface area contributed by atoms with Crippen molar-refractivity contribution in [1.82, 2.24) is 4.90 Å². The van der Waals surface area contributed by atoms with Crippen LogP contribution in [-0.2, 0) is 23.9 Å². The molecule has 2 atom stereocenters. The molecule has 1 fully saturated rings. The van der Waals surface area contributed by atoms with Crippen LogP contribution in [0.25, 0.3) is 0 Å². The van der Waals surface area contributed by atoms with Crippen molar-refractivity contribution in [2.45, 2.75) is 51.4 Å². The largest absolute Gasteiger partial charge is 0.456 e. The summed E-state index contributed by atoms with van der Waals surface area (Å²) in [6.45, 7) is 3.88. The summed E-state index contributed by atoms with van der Waals surface area (Å²) in [5.74, 6) is -1.92. The number of unbranched alkanes of at least 4 members (excludes halogenated alkanes) is 2. The van der Waals surface area contributed by atoms with Gasteiger partial charge in [-0.15, -0.1) is 0 Å². The van der Waals surface area contributed by atoms with Crippen LogP contribution >= 0.6 is 15.9 Å². The molecule has 3 aromatic carbocycles. The zero-order chi connectivity index (χ0) is 29.5. The van der Waals surface area contributed by atoms with Crippen LogP contribution in [0.3, 0.4) is 0 Å². The van der Waals surface area contributed by atoms with Gasteiger partial charge in [-0.3, -0.25) is 24.1 Å². The van der Waals surface area contributed by atoms with Crippen molar-refractivity contribution in [1.29, 1.82) is 0 Å². The van der Waals surface area contributed by atoms with E-state index >= 15 is 0 Å². The molecule has 0 aromatic heterocycles. The first-order valence-electron chi connectivity index (χ1n) is 14.5. The molecule has 1 aliphatic heterocycles. The Hall–Kier alpha value is -3.78. The zero-order valence-electron chi connectivity index (χ0n) is 23.7. The minimum absolute atomic E-state index is 0.0782. The third-order valence-electron chi connectivity index (χ3n) is 8.89. The van der Waals surface area contributed by atoms with E-state index in [9.17, 15) is 19.2 Å². The monoisotopic (exact) mass is 628 g/mol. The van der Waals surface area contributed by atoms with Crippen molar-refractivity contribution in [2.24, 2.45) is 11.8 Å². The molecule has 0 saturated carbocycles. The molecule has 8 heteroatoms. The molecule has 4 aliphatic rings. The maximum atomic E-state index is 13.7. The van der Waals surface area contributed by atoms with Crippen LogP contribution in [0.5, 0.6) is 0 Å². The molecule has 216 valence electrons.